The lowest BCUT2D eigenvalue weighted by Crippen LogP contribution is -3.16. The minimum atomic E-state index is -0.246. The summed E-state index contributed by atoms with van der Waals surface area (Å²) in [6, 6.07) is 10.1. The maximum Gasteiger partial charge on any atom is 0.328 e. The number of urea groups is 1. The van der Waals surface area contributed by atoms with Crippen molar-refractivity contribution in [2.75, 3.05) is 44.3 Å². The van der Waals surface area contributed by atoms with Gasteiger partial charge in [0.2, 0.25) is 5.91 Å². The van der Waals surface area contributed by atoms with E-state index in [-0.39, 0.29) is 11.9 Å². The van der Waals surface area contributed by atoms with Crippen LogP contribution >= 0.6 is 0 Å². The molecule has 6 nitrogen and oxygen atoms in total. The molecule has 2 saturated heterocycles. The zero-order valence-electron chi connectivity index (χ0n) is 12.0. The SMILES string of the molecule is O=C1CCNC(=O)N1C[NH+]1CCN(c2ccccc2)CC1. The summed E-state index contributed by atoms with van der Waals surface area (Å²) in [5.41, 5.74) is 1.24. The van der Waals surface area contributed by atoms with Gasteiger partial charge < -0.3 is 15.1 Å². The summed E-state index contributed by atoms with van der Waals surface area (Å²) in [6.45, 7) is 4.71. The van der Waals surface area contributed by atoms with Gasteiger partial charge in [0.05, 0.1) is 26.2 Å². The molecule has 1 aromatic carbocycles. The first kappa shape index (κ1) is 13.9. The molecule has 2 aliphatic rings. The van der Waals surface area contributed by atoms with E-state index in [1.165, 1.54) is 15.5 Å². The average Bonchev–Trinajstić information content (AvgIpc) is 2.53. The molecule has 2 fully saturated rings. The number of nitrogens with zero attached hydrogens (tertiary/aromatic N) is 2. The van der Waals surface area contributed by atoms with Crippen molar-refractivity contribution in [3.63, 3.8) is 0 Å². The molecule has 0 bridgehead atoms. The molecule has 0 radical (unpaired) electrons. The van der Waals surface area contributed by atoms with Crippen molar-refractivity contribution < 1.29 is 14.5 Å². The Balaban J connectivity index is 1.54. The third kappa shape index (κ3) is 3.16. The molecule has 0 saturated carbocycles. The van der Waals surface area contributed by atoms with Crippen molar-refractivity contribution in [2.45, 2.75) is 6.42 Å². The van der Waals surface area contributed by atoms with Crippen molar-refractivity contribution in [1.29, 1.82) is 0 Å². The summed E-state index contributed by atoms with van der Waals surface area (Å²) in [5.74, 6) is -0.0586. The van der Waals surface area contributed by atoms with Crippen LogP contribution in [0.3, 0.4) is 0 Å². The third-order valence-electron chi connectivity index (χ3n) is 4.13. The zero-order chi connectivity index (χ0) is 14.7. The Kier molecular flexibility index (Phi) is 4.06. The van der Waals surface area contributed by atoms with Gasteiger partial charge >= 0.3 is 6.03 Å². The zero-order valence-corrected chi connectivity index (χ0v) is 12.0. The Morgan fingerprint density at radius 2 is 1.81 bits per heavy atom. The van der Waals surface area contributed by atoms with Crippen LogP contribution in [0.5, 0.6) is 0 Å². The van der Waals surface area contributed by atoms with Crippen LogP contribution < -0.4 is 15.1 Å². The molecular weight excluding hydrogens is 268 g/mol. The number of hydrogen-bond donors (Lipinski definition) is 2. The standard InChI is InChI=1S/C15H20N4O2/c20-14-6-7-16-15(21)19(14)12-17-8-10-18(11-9-17)13-4-2-1-3-5-13/h1-5H,6-12H2,(H,16,21)/p+1. The number of carbonyl (C=O) groups is 2. The first-order valence-electron chi connectivity index (χ1n) is 7.46. The van der Waals surface area contributed by atoms with Crippen LogP contribution in [0.15, 0.2) is 30.3 Å². The number of piperazine rings is 1. The summed E-state index contributed by atoms with van der Waals surface area (Å²) in [4.78, 5) is 28.5. The number of anilines is 1. The molecule has 0 unspecified atom stereocenters. The van der Waals surface area contributed by atoms with Gasteiger partial charge in [0, 0.05) is 18.7 Å². The monoisotopic (exact) mass is 289 g/mol. The fraction of sp³-hybridized carbons (Fsp3) is 0.467. The lowest BCUT2D eigenvalue weighted by atomic mass is 10.2. The van der Waals surface area contributed by atoms with Gasteiger partial charge in [-0.15, -0.1) is 0 Å². The van der Waals surface area contributed by atoms with Crippen molar-refractivity contribution in [3.05, 3.63) is 30.3 Å². The number of carbonyl (C=O) groups excluding carboxylic acids is 2. The first-order valence-corrected chi connectivity index (χ1v) is 7.46. The second-order valence-electron chi connectivity index (χ2n) is 5.53. The molecule has 1 aromatic rings. The van der Waals surface area contributed by atoms with Crippen LogP contribution in [0, 0.1) is 0 Å². The first-order chi connectivity index (χ1) is 10.2. The van der Waals surface area contributed by atoms with Crippen LogP contribution in [0.4, 0.5) is 10.5 Å². The van der Waals surface area contributed by atoms with Crippen molar-refractivity contribution in [3.8, 4) is 0 Å². The van der Waals surface area contributed by atoms with E-state index in [2.05, 4.69) is 22.3 Å². The summed E-state index contributed by atoms with van der Waals surface area (Å²) in [5, 5.41) is 2.73. The smallest absolute Gasteiger partial charge is 0.328 e. The van der Waals surface area contributed by atoms with Gasteiger partial charge in [-0.05, 0) is 12.1 Å². The number of benzene rings is 1. The summed E-state index contributed by atoms with van der Waals surface area (Å²) in [7, 11) is 0. The van der Waals surface area contributed by atoms with Crippen molar-refractivity contribution in [2.24, 2.45) is 0 Å². The third-order valence-corrected chi connectivity index (χ3v) is 4.13. The molecule has 2 N–H and O–H groups in total. The van der Waals surface area contributed by atoms with Gasteiger partial charge in [-0.1, -0.05) is 18.2 Å². The summed E-state index contributed by atoms with van der Waals surface area (Å²) >= 11 is 0. The predicted octanol–water partition coefficient (Wildman–Crippen LogP) is -0.709. The van der Waals surface area contributed by atoms with E-state index in [0.29, 0.717) is 19.6 Å². The predicted molar refractivity (Wildman–Crippen MR) is 79.1 cm³/mol. The number of rotatable bonds is 3. The minimum absolute atomic E-state index is 0.0586. The van der Waals surface area contributed by atoms with E-state index in [1.54, 1.807) is 0 Å². The van der Waals surface area contributed by atoms with Crippen LogP contribution in [-0.4, -0.2) is 56.2 Å². The number of hydrogen-bond acceptors (Lipinski definition) is 3. The fourth-order valence-electron chi connectivity index (χ4n) is 2.88. The largest absolute Gasteiger partial charge is 0.360 e. The Hall–Kier alpha value is -2.08. The van der Waals surface area contributed by atoms with Crippen LogP contribution in [-0.2, 0) is 4.79 Å². The van der Waals surface area contributed by atoms with E-state index in [1.807, 2.05) is 18.2 Å². The molecule has 21 heavy (non-hydrogen) atoms. The topological polar surface area (TPSA) is 57.1 Å². The van der Waals surface area contributed by atoms with E-state index >= 15 is 0 Å². The Bertz CT molecular complexity index is 496. The van der Waals surface area contributed by atoms with Gasteiger partial charge in [0.25, 0.3) is 0 Å². The number of amides is 3. The molecule has 112 valence electrons. The molecule has 2 heterocycles. The molecular formula is C15H21N4O2+. The highest BCUT2D eigenvalue weighted by molar-refractivity contribution is 5.96. The van der Waals surface area contributed by atoms with Crippen molar-refractivity contribution >= 4 is 17.6 Å². The summed E-state index contributed by atoms with van der Waals surface area (Å²) < 4.78 is 0. The Labute approximate surface area is 124 Å². The maximum atomic E-state index is 11.8. The second-order valence-corrected chi connectivity index (χ2v) is 5.53. The lowest BCUT2D eigenvalue weighted by Gasteiger charge is -2.36. The van der Waals surface area contributed by atoms with Gasteiger partial charge in [-0.25, -0.2) is 9.69 Å². The molecule has 2 aliphatic heterocycles. The summed E-state index contributed by atoms with van der Waals surface area (Å²) in [6.07, 6.45) is 0.412. The van der Waals surface area contributed by atoms with Crippen LogP contribution in [0.1, 0.15) is 6.42 Å². The molecule has 3 amide bonds. The molecule has 6 heteroatoms. The van der Waals surface area contributed by atoms with Crippen LogP contribution in [0.2, 0.25) is 0 Å². The minimum Gasteiger partial charge on any atom is -0.360 e. The molecule has 0 atom stereocenters. The quantitative estimate of drug-likeness (QED) is 0.773. The number of para-hydroxylation sites is 1. The fourth-order valence-corrected chi connectivity index (χ4v) is 2.88. The second kappa shape index (κ2) is 6.13. The number of imide groups is 1. The molecule has 0 aromatic heterocycles. The lowest BCUT2D eigenvalue weighted by molar-refractivity contribution is -0.908. The Morgan fingerprint density at radius 3 is 2.48 bits per heavy atom. The normalized spacial score (nSPS) is 20.6. The van der Waals surface area contributed by atoms with E-state index in [4.69, 9.17) is 0 Å². The average molecular weight is 289 g/mol. The Morgan fingerprint density at radius 1 is 1.10 bits per heavy atom. The number of nitrogens with one attached hydrogen (secondary N) is 2. The van der Waals surface area contributed by atoms with Gasteiger partial charge in [-0.2, -0.15) is 0 Å². The maximum absolute atomic E-state index is 11.8. The van der Waals surface area contributed by atoms with Crippen LogP contribution in [0.25, 0.3) is 0 Å². The molecule has 0 aliphatic carbocycles. The highest BCUT2D eigenvalue weighted by atomic mass is 16.2. The molecule has 0 spiro atoms. The highest BCUT2D eigenvalue weighted by Crippen LogP contribution is 2.12. The number of quaternary nitrogens is 1. The van der Waals surface area contributed by atoms with Gasteiger partial charge in [0.15, 0.2) is 6.67 Å². The van der Waals surface area contributed by atoms with Gasteiger partial charge in [-0.3, -0.25) is 4.79 Å². The highest BCUT2D eigenvalue weighted by Gasteiger charge is 2.30. The molecule has 3 rings (SSSR count). The van der Waals surface area contributed by atoms with E-state index in [0.717, 1.165) is 26.2 Å². The van der Waals surface area contributed by atoms with Crippen molar-refractivity contribution in [1.82, 2.24) is 10.2 Å². The van der Waals surface area contributed by atoms with E-state index in [9.17, 15) is 9.59 Å². The van der Waals surface area contributed by atoms with E-state index < -0.39 is 0 Å². The van der Waals surface area contributed by atoms with Gasteiger partial charge in [0.1, 0.15) is 0 Å².